The van der Waals surface area contributed by atoms with E-state index in [0.29, 0.717) is 17.6 Å². The van der Waals surface area contributed by atoms with Gasteiger partial charge in [0.2, 0.25) is 5.82 Å². The summed E-state index contributed by atoms with van der Waals surface area (Å²) in [6, 6.07) is 10.3. The lowest BCUT2D eigenvalue weighted by Gasteiger charge is -2.08. The van der Waals surface area contributed by atoms with Crippen molar-refractivity contribution in [1.29, 1.82) is 0 Å². The fourth-order valence-corrected chi connectivity index (χ4v) is 1.68. The number of aldehydes is 1. The van der Waals surface area contributed by atoms with E-state index in [4.69, 9.17) is 4.74 Å². The summed E-state index contributed by atoms with van der Waals surface area (Å²) in [6.07, 6.45) is 0.624. The Morgan fingerprint density at radius 2 is 1.95 bits per heavy atom. The van der Waals surface area contributed by atoms with Gasteiger partial charge in [0.15, 0.2) is 6.29 Å². The minimum absolute atomic E-state index is 0.0555. The molecule has 0 unspecified atom stereocenters. The summed E-state index contributed by atoms with van der Waals surface area (Å²) in [5.74, 6) is -0.630. The number of halogens is 1. The summed E-state index contributed by atoms with van der Waals surface area (Å²) in [5, 5.41) is 10.6. The highest BCUT2D eigenvalue weighted by atomic mass is 19.1. The second kappa shape index (κ2) is 5.92. The van der Waals surface area contributed by atoms with Crippen LogP contribution < -0.4 is 4.74 Å². The number of rotatable bonds is 5. The molecule has 0 aromatic heterocycles. The quantitative estimate of drug-likeness (QED) is 0.477. The molecular formula is C14H10FNO4. The molecule has 0 saturated carbocycles. The van der Waals surface area contributed by atoms with Gasteiger partial charge in [0.1, 0.15) is 12.4 Å². The highest BCUT2D eigenvalue weighted by molar-refractivity contribution is 5.79. The summed E-state index contributed by atoms with van der Waals surface area (Å²) in [7, 11) is 0. The summed E-state index contributed by atoms with van der Waals surface area (Å²) in [4.78, 5) is 20.6. The van der Waals surface area contributed by atoms with E-state index in [1.54, 1.807) is 24.3 Å². The van der Waals surface area contributed by atoms with Gasteiger partial charge in [-0.05, 0) is 12.1 Å². The number of carbonyl (C=O) groups is 1. The molecule has 2 aromatic carbocycles. The molecule has 0 aliphatic heterocycles. The number of benzene rings is 2. The van der Waals surface area contributed by atoms with Gasteiger partial charge >= 0.3 is 5.69 Å². The molecule has 0 aliphatic rings. The third-order valence-electron chi connectivity index (χ3n) is 2.68. The maximum Gasteiger partial charge on any atom is 0.305 e. The standard InChI is InChI=1S/C14H10FNO4/c15-14-11(5-3-6-12(14)16(18)19)9-20-13-7-2-1-4-10(13)8-17/h1-8H,9H2. The lowest BCUT2D eigenvalue weighted by atomic mass is 10.2. The zero-order chi connectivity index (χ0) is 14.5. The molecule has 0 atom stereocenters. The lowest BCUT2D eigenvalue weighted by Crippen LogP contribution is -2.03. The number of para-hydroxylation sites is 1. The van der Waals surface area contributed by atoms with E-state index in [0.717, 1.165) is 6.07 Å². The Labute approximate surface area is 113 Å². The van der Waals surface area contributed by atoms with Crippen LogP contribution in [-0.4, -0.2) is 11.2 Å². The first-order valence-corrected chi connectivity index (χ1v) is 5.72. The molecule has 0 saturated heterocycles. The summed E-state index contributed by atoms with van der Waals surface area (Å²) in [5.41, 5.74) is -0.215. The van der Waals surface area contributed by atoms with Crippen molar-refractivity contribution < 1.29 is 18.8 Å². The number of nitro groups is 1. The van der Waals surface area contributed by atoms with Crippen LogP contribution in [0.5, 0.6) is 5.75 Å². The van der Waals surface area contributed by atoms with Gasteiger partial charge < -0.3 is 4.74 Å². The lowest BCUT2D eigenvalue weighted by molar-refractivity contribution is -0.387. The zero-order valence-electron chi connectivity index (χ0n) is 10.3. The second-order valence-electron chi connectivity index (χ2n) is 3.95. The van der Waals surface area contributed by atoms with Crippen molar-refractivity contribution in [3.05, 3.63) is 69.5 Å². The van der Waals surface area contributed by atoms with E-state index < -0.39 is 16.4 Å². The fraction of sp³-hybridized carbons (Fsp3) is 0.0714. The Kier molecular flexibility index (Phi) is 4.05. The van der Waals surface area contributed by atoms with Crippen LogP contribution in [0.4, 0.5) is 10.1 Å². The van der Waals surface area contributed by atoms with E-state index in [1.165, 1.54) is 12.1 Å². The van der Waals surface area contributed by atoms with Crippen LogP contribution in [0.2, 0.25) is 0 Å². The van der Waals surface area contributed by atoms with Gasteiger partial charge in [0.05, 0.1) is 10.5 Å². The monoisotopic (exact) mass is 275 g/mol. The van der Waals surface area contributed by atoms with Crippen molar-refractivity contribution in [2.75, 3.05) is 0 Å². The molecular weight excluding hydrogens is 265 g/mol. The van der Waals surface area contributed by atoms with Crippen LogP contribution in [-0.2, 0) is 6.61 Å². The molecule has 20 heavy (non-hydrogen) atoms. The van der Waals surface area contributed by atoms with Crippen molar-refractivity contribution in [1.82, 2.24) is 0 Å². The first kappa shape index (κ1) is 13.7. The van der Waals surface area contributed by atoms with Crippen LogP contribution >= 0.6 is 0 Å². The Morgan fingerprint density at radius 1 is 1.20 bits per heavy atom. The van der Waals surface area contributed by atoms with Gasteiger partial charge in [-0.2, -0.15) is 4.39 Å². The van der Waals surface area contributed by atoms with Crippen molar-refractivity contribution >= 4 is 12.0 Å². The largest absolute Gasteiger partial charge is 0.488 e. The molecule has 0 fully saturated rings. The third kappa shape index (κ3) is 2.80. The molecule has 5 nitrogen and oxygen atoms in total. The molecule has 0 radical (unpaired) electrons. The van der Waals surface area contributed by atoms with Crippen molar-refractivity contribution in [3.63, 3.8) is 0 Å². The number of ether oxygens (including phenoxy) is 1. The van der Waals surface area contributed by atoms with Crippen LogP contribution in [0.1, 0.15) is 15.9 Å². The number of carbonyl (C=O) groups excluding carboxylic acids is 1. The zero-order valence-corrected chi connectivity index (χ0v) is 10.3. The number of nitrogens with zero attached hydrogens (tertiary/aromatic N) is 1. The van der Waals surface area contributed by atoms with E-state index in [2.05, 4.69) is 0 Å². The molecule has 0 aliphatic carbocycles. The number of hydrogen-bond acceptors (Lipinski definition) is 4. The SMILES string of the molecule is O=Cc1ccccc1OCc1cccc([N+](=O)[O-])c1F. The first-order valence-electron chi connectivity index (χ1n) is 5.72. The van der Waals surface area contributed by atoms with Gasteiger partial charge in [-0.1, -0.05) is 24.3 Å². The van der Waals surface area contributed by atoms with Gasteiger partial charge in [-0.15, -0.1) is 0 Å². The molecule has 0 heterocycles. The summed E-state index contributed by atoms with van der Waals surface area (Å²) >= 11 is 0. The van der Waals surface area contributed by atoms with E-state index in [1.807, 2.05) is 0 Å². The van der Waals surface area contributed by atoms with Crippen LogP contribution in [0, 0.1) is 15.9 Å². The maximum absolute atomic E-state index is 13.8. The minimum Gasteiger partial charge on any atom is -0.488 e. The molecule has 6 heteroatoms. The topological polar surface area (TPSA) is 69.4 Å². The molecule has 0 N–H and O–H groups in total. The number of nitro benzene ring substituents is 1. The molecule has 2 rings (SSSR count). The van der Waals surface area contributed by atoms with Gasteiger partial charge in [-0.3, -0.25) is 14.9 Å². The second-order valence-corrected chi connectivity index (χ2v) is 3.95. The average molecular weight is 275 g/mol. The predicted molar refractivity (Wildman–Crippen MR) is 69.2 cm³/mol. The highest BCUT2D eigenvalue weighted by Crippen LogP contribution is 2.22. The van der Waals surface area contributed by atoms with Gasteiger partial charge in [0.25, 0.3) is 0 Å². The Bertz CT molecular complexity index is 657. The number of hydrogen-bond donors (Lipinski definition) is 0. The van der Waals surface area contributed by atoms with E-state index >= 15 is 0 Å². The van der Waals surface area contributed by atoms with Gasteiger partial charge in [0, 0.05) is 11.6 Å². The molecule has 102 valence electrons. The normalized spacial score (nSPS) is 10.1. The Hall–Kier alpha value is -2.76. The molecule has 0 amide bonds. The van der Waals surface area contributed by atoms with Crippen LogP contribution in [0.15, 0.2) is 42.5 Å². The van der Waals surface area contributed by atoms with E-state index in [9.17, 15) is 19.3 Å². The molecule has 2 aromatic rings. The smallest absolute Gasteiger partial charge is 0.305 e. The summed E-state index contributed by atoms with van der Waals surface area (Å²) in [6.45, 7) is -0.196. The predicted octanol–water partition coefficient (Wildman–Crippen LogP) is 3.13. The first-order chi connectivity index (χ1) is 9.63. The minimum atomic E-state index is -0.930. The van der Waals surface area contributed by atoms with Crippen molar-refractivity contribution in [2.45, 2.75) is 6.61 Å². The average Bonchev–Trinajstić information content (AvgIpc) is 2.46. The molecule has 0 bridgehead atoms. The van der Waals surface area contributed by atoms with Crippen LogP contribution in [0.25, 0.3) is 0 Å². The van der Waals surface area contributed by atoms with Crippen molar-refractivity contribution in [2.24, 2.45) is 0 Å². The Morgan fingerprint density at radius 3 is 2.65 bits per heavy atom. The maximum atomic E-state index is 13.8. The van der Waals surface area contributed by atoms with Gasteiger partial charge in [-0.25, -0.2) is 0 Å². The summed E-state index contributed by atoms with van der Waals surface area (Å²) < 4.78 is 19.2. The third-order valence-corrected chi connectivity index (χ3v) is 2.68. The van der Waals surface area contributed by atoms with E-state index in [-0.39, 0.29) is 12.2 Å². The fourth-order valence-electron chi connectivity index (χ4n) is 1.68. The molecule has 0 spiro atoms. The highest BCUT2D eigenvalue weighted by Gasteiger charge is 2.17. The van der Waals surface area contributed by atoms with Crippen molar-refractivity contribution in [3.8, 4) is 5.75 Å². The van der Waals surface area contributed by atoms with Crippen LogP contribution in [0.3, 0.4) is 0 Å². The Balaban J connectivity index is 2.21.